The molecule has 0 fully saturated rings. The maximum atomic E-state index is 12.4. The Bertz CT molecular complexity index is 795. The van der Waals surface area contributed by atoms with Crippen LogP contribution in [0.3, 0.4) is 0 Å². The van der Waals surface area contributed by atoms with Crippen LogP contribution in [0.25, 0.3) is 0 Å². The second-order valence-electron chi connectivity index (χ2n) is 5.72. The second-order valence-corrected chi connectivity index (χ2v) is 7.71. The van der Waals surface area contributed by atoms with E-state index in [1.165, 1.54) is 0 Å². The molecule has 2 rings (SSSR count). The number of benzene rings is 2. The Balaban J connectivity index is 0.00000312. The van der Waals surface area contributed by atoms with E-state index in [0.29, 0.717) is 22.7 Å². The molecule has 0 saturated heterocycles. The third kappa shape index (κ3) is 6.16. The summed E-state index contributed by atoms with van der Waals surface area (Å²) in [5, 5.41) is 5.77. The fourth-order valence-corrected chi connectivity index (χ4v) is 3.69. The predicted molar refractivity (Wildman–Crippen MR) is 103 cm³/mol. The van der Waals surface area contributed by atoms with Crippen LogP contribution in [-0.2, 0) is 20.4 Å². The number of carbonyl (C=O) groups is 1. The predicted octanol–water partition coefficient (Wildman–Crippen LogP) is 2.88. The second kappa shape index (κ2) is 9.56. The van der Waals surface area contributed by atoms with E-state index in [2.05, 4.69) is 10.6 Å². The van der Waals surface area contributed by atoms with Crippen LogP contribution in [0.1, 0.15) is 12.5 Å². The van der Waals surface area contributed by atoms with Gasteiger partial charge in [0.2, 0.25) is 5.91 Å². The fraction of sp³-hybridized carbons (Fsp3) is 0.278. The smallest absolute Gasteiger partial charge is 0.228 e. The molecule has 0 radical (unpaired) electrons. The summed E-state index contributed by atoms with van der Waals surface area (Å²) in [5.41, 5.74) is 1.24. The summed E-state index contributed by atoms with van der Waals surface area (Å²) in [6.07, 6.45) is 0. The van der Waals surface area contributed by atoms with Gasteiger partial charge in [0.15, 0.2) is 9.84 Å². The lowest BCUT2D eigenvalue weighted by Gasteiger charge is -2.12. The monoisotopic (exact) mass is 382 g/mol. The third-order valence-electron chi connectivity index (χ3n) is 3.61. The summed E-state index contributed by atoms with van der Waals surface area (Å²) < 4.78 is 24.9. The number of rotatable bonds is 7. The first-order valence-electron chi connectivity index (χ1n) is 7.74. The van der Waals surface area contributed by atoms with Crippen molar-refractivity contribution < 1.29 is 13.2 Å². The van der Waals surface area contributed by atoms with E-state index in [-0.39, 0.29) is 30.0 Å². The molecule has 7 heteroatoms. The summed E-state index contributed by atoms with van der Waals surface area (Å²) in [4.78, 5) is 12.3. The molecule has 0 bridgehead atoms. The molecule has 1 atom stereocenters. The Kier molecular flexibility index (Phi) is 8.09. The molecule has 0 saturated carbocycles. The highest BCUT2D eigenvalue weighted by Crippen LogP contribution is 2.19. The van der Waals surface area contributed by atoms with Crippen molar-refractivity contribution in [3.8, 4) is 0 Å². The van der Waals surface area contributed by atoms with Gasteiger partial charge in [-0.2, -0.15) is 0 Å². The summed E-state index contributed by atoms with van der Waals surface area (Å²) in [7, 11) is -1.62. The number of amides is 1. The van der Waals surface area contributed by atoms with Gasteiger partial charge in [-0.15, -0.1) is 12.4 Å². The minimum absolute atomic E-state index is 0. The molecule has 1 amide bonds. The molecule has 0 aliphatic rings. The van der Waals surface area contributed by atoms with Crippen LogP contribution in [-0.4, -0.2) is 27.9 Å². The molecule has 1 unspecified atom stereocenters. The lowest BCUT2D eigenvalue weighted by molar-refractivity contribution is -0.119. The van der Waals surface area contributed by atoms with Crippen LogP contribution in [0, 0.1) is 5.92 Å². The normalized spacial score (nSPS) is 12.1. The molecule has 0 aromatic heterocycles. The Morgan fingerprint density at radius 3 is 2.40 bits per heavy atom. The van der Waals surface area contributed by atoms with Gasteiger partial charge in [-0.3, -0.25) is 4.79 Å². The molecular formula is C18H23ClN2O3S. The van der Waals surface area contributed by atoms with Crippen molar-refractivity contribution in [2.75, 3.05) is 18.9 Å². The number of hydrogen-bond acceptors (Lipinski definition) is 4. The van der Waals surface area contributed by atoms with Crippen molar-refractivity contribution in [2.24, 2.45) is 5.92 Å². The van der Waals surface area contributed by atoms with Crippen molar-refractivity contribution in [3.05, 3.63) is 60.2 Å². The van der Waals surface area contributed by atoms with E-state index >= 15 is 0 Å². The van der Waals surface area contributed by atoms with Crippen LogP contribution in [0.15, 0.2) is 59.5 Å². The zero-order valence-corrected chi connectivity index (χ0v) is 15.9. The molecule has 2 N–H and O–H groups in total. The van der Waals surface area contributed by atoms with E-state index in [0.717, 1.165) is 0 Å². The minimum atomic E-state index is -3.41. The zero-order chi connectivity index (χ0) is 17.6. The Morgan fingerprint density at radius 2 is 1.76 bits per heavy atom. The lowest BCUT2D eigenvalue weighted by atomic mass is 10.1. The molecule has 0 spiro atoms. The molecule has 0 aliphatic heterocycles. The van der Waals surface area contributed by atoms with Gasteiger partial charge in [-0.1, -0.05) is 37.3 Å². The minimum Gasteiger partial charge on any atom is -0.326 e. The van der Waals surface area contributed by atoms with Gasteiger partial charge >= 0.3 is 0 Å². The van der Waals surface area contributed by atoms with Gasteiger partial charge in [0.25, 0.3) is 0 Å². The van der Waals surface area contributed by atoms with Gasteiger partial charge in [-0.25, -0.2) is 8.42 Å². The van der Waals surface area contributed by atoms with Gasteiger partial charge in [-0.05, 0) is 36.9 Å². The SMILES string of the molecule is CNCC(C)C(=O)Nc1cccc(CS(=O)(=O)c2ccccc2)c1.Cl. The number of nitrogens with one attached hydrogen (secondary N) is 2. The van der Waals surface area contributed by atoms with Gasteiger partial charge in [0.05, 0.1) is 10.6 Å². The van der Waals surface area contributed by atoms with Crippen molar-refractivity contribution in [1.29, 1.82) is 0 Å². The lowest BCUT2D eigenvalue weighted by Crippen LogP contribution is -2.28. The van der Waals surface area contributed by atoms with Crippen molar-refractivity contribution in [1.82, 2.24) is 5.32 Å². The number of anilines is 1. The Labute approximate surface area is 155 Å². The zero-order valence-electron chi connectivity index (χ0n) is 14.2. The molecule has 2 aromatic rings. The van der Waals surface area contributed by atoms with Crippen LogP contribution < -0.4 is 10.6 Å². The quantitative estimate of drug-likeness (QED) is 0.772. The van der Waals surface area contributed by atoms with Gasteiger partial charge in [0, 0.05) is 18.2 Å². The molecule has 0 heterocycles. The van der Waals surface area contributed by atoms with Crippen LogP contribution in [0.5, 0.6) is 0 Å². The van der Waals surface area contributed by atoms with E-state index in [1.54, 1.807) is 61.6 Å². The van der Waals surface area contributed by atoms with Gasteiger partial charge in [0.1, 0.15) is 0 Å². The fourth-order valence-electron chi connectivity index (χ4n) is 2.33. The maximum absolute atomic E-state index is 12.4. The van der Waals surface area contributed by atoms with Gasteiger partial charge < -0.3 is 10.6 Å². The summed E-state index contributed by atoms with van der Waals surface area (Å²) in [5.74, 6) is -0.383. The molecule has 25 heavy (non-hydrogen) atoms. The third-order valence-corrected chi connectivity index (χ3v) is 5.32. The molecular weight excluding hydrogens is 360 g/mol. The number of carbonyl (C=O) groups excluding carboxylic acids is 1. The summed E-state index contributed by atoms with van der Waals surface area (Å²) in [6.45, 7) is 2.41. The van der Waals surface area contributed by atoms with Crippen molar-refractivity contribution in [2.45, 2.75) is 17.6 Å². The Hall–Kier alpha value is -1.89. The largest absolute Gasteiger partial charge is 0.326 e. The van der Waals surface area contributed by atoms with E-state index in [4.69, 9.17) is 0 Å². The number of halogens is 1. The molecule has 5 nitrogen and oxygen atoms in total. The van der Waals surface area contributed by atoms with Crippen LogP contribution >= 0.6 is 12.4 Å². The number of sulfone groups is 1. The van der Waals surface area contributed by atoms with Crippen molar-refractivity contribution >= 4 is 33.8 Å². The summed E-state index contributed by atoms with van der Waals surface area (Å²) in [6, 6.07) is 15.3. The Morgan fingerprint density at radius 1 is 1.08 bits per heavy atom. The number of hydrogen-bond donors (Lipinski definition) is 2. The van der Waals surface area contributed by atoms with E-state index in [9.17, 15) is 13.2 Å². The van der Waals surface area contributed by atoms with Crippen molar-refractivity contribution in [3.63, 3.8) is 0 Å². The van der Waals surface area contributed by atoms with E-state index < -0.39 is 9.84 Å². The molecule has 0 aliphatic carbocycles. The summed E-state index contributed by atoms with van der Waals surface area (Å²) >= 11 is 0. The highest BCUT2D eigenvalue weighted by Gasteiger charge is 2.16. The first-order chi connectivity index (χ1) is 11.4. The average Bonchev–Trinajstić information content (AvgIpc) is 2.56. The molecule has 2 aromatic carbocycles. The first kappa shape index (κ1) is 21.2. The van der Waals surface area contributed by atoms with E-state index in [1.807, 2.05) is 6.92 Å². The maximum Gasteiger partial charge on any atom is 0.228 e. The van der Waals surface area contributed by atoms with Crippen LogP contribution in [0.4, 0.5) is 5.69 Å². The standard InChI is InChI=1S/C18H22N2O3S.ClH/c1-14(12-19-2)18(21)20-16-8-6-7-15(11-16)13-24(22,23)17-9-4-3-5-10-17;/h3-11,14,19H,12-13H2,1-2H3,(H,20,21);1H. The molecule has 136 valence electrons. The van der Waals surface area contributed by atoms with Crippen LogP contribution in [0.2, 0.25) is 0 Å². The highest BCUT2D eigenvalue weighted by molar-refractivity contribution is 7.90. The highest BCUT2D eigenvalue weighted by atomic mass is 35.5. The average molecular weight is 383 g/mol. The topological polar surface area (TPSA) is 75.3 Å². The first-order valence-corrected chi connectivity index (χ1v) is 9.40.